The van der Waals surface area contributed by atoms with Gasteiger partial charge in [0.2, 0.25) is 11.9 Å². The van der Waals surface area contributed by atoms with Crippen LogP contribution in [0, 0.1) is 0 Å². The maximum atomic E-state index is 12.2. The fourth-order valence-electron chi connectivity index (χ4n) is 2.29. The van der Waals surface area contributed by atoms with Crippen molar-refractivity contribution in [2.24, 2.45) is 0 Å². The van der Waals surface area contributed by atoms with Crippen LogP contribution in [0.3, 0.4) is 0 Å². The van der Waals surface area contributed by atoms with Crippen LogP contribution < -0.4 is 10.6 Å². The van der Waals surface area contributed by atoms with Gasteiger partial charge < -0.3 is 10.6 Å². The molecule has 0 radical (unpaired) electrons. The molecule has 0 aliphatic carbocycles. The smallest absolute Gasteiger partial charge is 0.230 e. The minimum atomic E-state index is -0.133. The van der Waals surface area contributed by atoms with Gasteiger partial charge in [-0.1, -0.05) is 0 Å². The Morgan fingerprint density at radius 3 is 3.00 bits per heavy atom. The Labute approximate surface area is 146 Å². The minimum Gasteiger partial charge on any atom is -0.326 e. The second-order valence-electron chi connectivity index (χ2n) is 5.24. The highest BCUT2D eigenvalue weighted by Gasteiger charge is 2.09. The lowest BCUT2D eigenvalue weighted by Crippen LogP contribution is -2.14. The lowest BCUT2D eigenvalue weighted by atomic mass is 10.2. The number of fused-ring (bicyclic) bond motifs is 1. The number of nitrogens with one attached hydrogen (secondary N) is 3. The first-order valence-corrected chi connectivity index (χ1v) is 8.36. The number of thiazole rings is 1. The molecule has 0 fully saturated rings. The first-order chi connectivity index (χ1) is 12.3. The largest absolute Gasteiger partial charge is 0.326 e. The van der Waals surface area contributed by atoms with Gasteiger partial charge in [-0.2, -0.15) is 5.10 Å². The molecule has 0 aliphatic heterocycles. The first kappa shape index (κ1) is 15.2. The molecule has 0 bridgehead atoms. The van der Waals surface area contributed by atoms with E-state index in [9.17, 15) is 4.79 Å². The normalized spacial score (nSPS) is 10.7. The van der Waals surface area contributed by atoms with Crippen molar-refractivity contribution < 1.29 is 4.79 Å². The zero-order valence-electron chi connectivity index (χ0n) is 12.9. The number of aromatic amines is 1. The fraction of sp³-hybridized carbons (Fsp3) is 0.0625. The SMILES string of the molecule is O=C(Cc1csc(Nc2ncccn2)n1)Nc1ccc2cn[nH]c2c1. The van der Waals surface area contributed by atoms with Gasteiger partial charge >= 0.3 is 0 Å². The second kappa shape index (κ2) is 6.65. The van der Waals surface area contributed by atoms with Crippen LogP contribution in [0.1, 0.15) is 5.69 Å². The summed E-state index contributed by atoms with van der Waals surface area (Å²) in [7, 11) is 0. The molecule has 1 aromatic carbocycles. The van der Waals surface area contributed by atoms with E-state index in [1.165, 1.54) is 11.3 Å². The van der Waals surface area contributed by atoms with Gasteiger partial charge in [0.25, 0.3) is 0 Å². The van der Waals surface area contributed by atoms with E-state index in [1.54, 1.807) is 24.7 Å². The van der Waals surface area contributed by atoms with Crippen LogP contribution in [-0.2, 0) is 11.2 Å². The van der Waals surface area contributed by atoms with Gasteiger partial charge in [0.05, 0.1) is 23.8 Å². The Morgan fingerprint density at radius 2 is 2.12 bits per heavy atom. The lowest BCUT2D eigenvalue weighted by molar-refractivity contribution is -0.115. The third-order valence-electron chi connectivity index (χ3n) is 3.40. The molecule has 3 N–H and O–H groups in total. The van der Waals surface area contributed by atoms with Crippen molar-refractivity contribution in [1.82, 2.24) is 25.1 Å². The predicted octanol–water partition coefficient (Wildman–Crippen LogP) is 2.73. The number of rotatable bonds is 5. The maximum Gasteiger partial charge on any atom is 0.230 e. The van der Waals surface area contributed by atoms with Crippen molar-refractivity contribution in [2.45, 2.75) is 6.42 Å². The third-order valence-corrected chi connectivity index (χ3v) is 4.21. The van der Waals surface area contributed by atoms with Crippen molar-refractivity contribution >= 4 is 44.9 Å². The average Bonchev–Trinajstić information content (AvgIpc) is 3.24. The van der Waals surface area contributed by atoms with Crippen LogP contribution in [0.5, 0.6) is 0 Å². The van der Waals surface area contributed by atoms with Gasteiger partial charge in [-0.25, -0.2) is 15.0 Å². The average molecular weight is 351 g/mol. The second-order valence-corrected chi connectivity index (χ2v) is 6.10. The van der Waals surface area contributed by atoms with Gasteiger partial charge in [0.15, 0.2) is 5.13 Å². The maximum absolute atomic E-state index is 12.2. The zero-order valence-corrected chi connectivity index (χ0v) is 13.7. The molecule has 1 amide bonds. The van der Waals surface area contributed by atoms with E-state index in [0.29, 0.717) is 22.5 Å². The van der Waals surface area contributed by atoms with E-state index < -0.39 is 0 Å². The molecule has 25 heavy (non-hydrogen) atoms. The minimum absolute atomic E-state index is 0.133. The summed E-state index contributed by atoms with van der Waals surface area (Å²) in [5.74, 6) is 0.340. The monoisotopic (exact) mass is 351 g/mol. The highest BCUT2D eigenvalue weighted by molar-refractivity contribution is 7.13. The number of hydrogen-bond donors (Lipinski definition) is 3. The molecule has 124 valence electrons. The summed E-state index contributed by atoms with van der Waals surface area (Å²) in [6.07, 6.45) is 5.22. The van der Waals surface area contributed by atoms with Crippen LogP contribution in [0.25, 0.3) is 10.9 Å². The van der Waals surface area contributed by atoms with Crippen molar-refractivity contribution in [3.63, 3.8) is 0 Å². The predicted molar refractivity (Wildman–Crippen MR) is 95.9 cm³/mol. The molecule has 0 saturated carbocycles. The lowest BCUT2D eigenvalue weighted by Gasteiger charge is -2.04. The Morgan fingerprint density at radius 1 is 1.24 bits per heavy atom. The number of H-pyrrole nitrogens is 1. The summed E-state index contributed by atoms with van der Waals surface area (Å²) in [5.41, 5.74) is 2.28. The summed E-state index contributed by atoms with van der Waals surface area (Å²) in [4.78, 5) is 24.7. The summed E-state index contributed by atoms with van der Waals surface area (Å²) in [6, 6.07) is 7.33. The number of anilines is 3. The van der Waals surface area contributed by atoms with Crippen LogP contribution in [0.15, 0.2) is 48.2 Å². The number of carbonyl (C=O) groups is 1. The fourth-order valence-corrected chi connectivity index (χ4v) is 2.99. The molecule has 3 aromatic heterocycles. The van der Waals surface area contributed by atoms with E-state index in [0.717, 1.165) is 10.9 Å². The number of aromatic nitrogens is 5. The number of hydrogen-bond acceptors (Lipinski definition) is 7. The zero-order chi connectivity index (χ0) is 17.1. The van der Waals surface area contributed by atoms with Gasteiger partial charge in [-0.15, -0.1) is 11.3 Å². The summed E-state index contributed by atoms with van der Waals surface area (Å²) in [5, 5.41) is 16.2. The number of carbonyl (C=O) groups excluding carboxylic acids is 1. The topological polar surface area (TPSA) is 108 Å². The Kier molecular flexibility index (Phi) is 4.05. The quantitative estimate of drug-likeness (QED) is 0.510. The molecule has 9 heteroatoms. The van der Waals surface area contributed by atoms with Gasteiger partial charge in [-0.05, 0) is 24.3 Å². The van der Waals surface area contributed by atoms with E-state index in [4.69, 9.17) is 0 Å². The van der Waals surface area contributed by atoms with Crippen molar-refractivity contribution in [3.8, 4) is 0 Å². The number of amides is 1. The molecule has 3 heterocycles. The summed E-state index contributed by atoms with van der Waals surface area (Å²) in [6.45, 7) is 0. The first-order valence-electron chi connectivity index (χ1n) is 7.48. The number of nitrogens with zero attached hydrogens (tertiary/aromatic N) is 4. The van der Waals surface area contributed by atoms with Gasteiger partial charge in [0, 0.05) is 28.8 Å². The molecule has 0 unspecified atom stereocenters. The van der Waals surface area contributed by atoms with E-state index in [2.05, 4.69) is 35.8 Å². The Balaban J connectivity index is 1.39. The van der Waals surface area contributed by atoms with Gasteiger partial charge in [0.1, 0.15) is 0 Å². The molecule has 4 rings (SSSR count). The van der Waals surface area contributed by atoms with E-state index >= 15 is 0 Å². The molecule has 0 atom stereocenters. The molecular formula is C16H13N7OS. The standard InChI is InChI=1S/C16H13N7OS/c24-14(20-11-3-2-10-8-19-23-13(10)6-11)7-12-9-25-16(21-12)22-15-17-4-1-5-18-15/h1-6,8-9H,7H2,(H,19,23)(H,20,24)(H,17,18,21,22). The molecule has 0 aliphatic rings. The number of benzene rings is 1. The summed E-state index contributed by atoms with van der Waals surface area (Å²) >= 11 is 1.40. The van der Waals surface area contributed by atoms with Crippen LogP contribution >= 0.6 is 11.3 Å². The highest BCUT2D eigenvalue weighted by atomic mass is 32.1. The van der Waals surface area contributed by atoms with Crippen LogP contribution in [0.4, 0.5) is 16.8 Å². The van der Waals surface area contributed by atoms with Crippen LogP contribution in [0.2, 0.25) is 0 Å². The summed E-state index contributed by atoms with van der Waals surface area (Å²) < 4.78 is 0. The van der Waals surface area contributed by atoms with E-state index in [1.807, 2.05) is 23.6 Å². The Hall–Kier alpha value is -3.33. The van der Waals surface area contributed by atoms with Crippen LogP contribution in [-0.4, -0.2) is 31.1 Å². The van der Waals surface area contributed by atoms with Gasteiger partial charge in [-0.3, -0.25) is 9.89 Å². The van der Waals surface area contributed by atoms with Crippen molar-refractivity contribution in [1.29, 1.82) is 0 Å². The van der Waals surface area contributed by atoms with E-state index in [-0.39, 0.29) is 12.3 Å². The van der Waals surface area contributed by atoms with Crippen molar-refractivity contribution in [3.05, 3.63) is 53.9 Å². The molecular weight excluding hydrogens is 338 g/mol. The van der Waals surface area contributed by atoms with Crippen molar-refractivity contribution in [2.75, 3.05) is 10.6 Å². The third kappa shape index (κ3) is 3.61. The molecule has 0 saturated heterocycles. The molecule has 0 spiro atoms. The highest BCUT2D eigenvalue weighted by Crippen LogP contribution is 2.20. The Bertz CT molecular complexity index is 1010. The molecule has 8 nitrogen and oxygen atoms in total. The molecule has 4 aromatic rings.